The van der Waals surface area contributed by atoms with Crippen LogP contribution in [-0.2, 0) is 4.79 Å². The quantitative estimate of drug-likeness (QED) is 0.733. The van der Waals surface area contributed by atoms with Gasteiger partial charge in [-0.25, -0.2) is 9.78 Å². The summed E-state index contributed by atoms with van der Waals surface area (Å²) in [6, 6.07) is -0.404. The molecule has 0 radical (unpaired) electrons. The number of hydrogen-bond donors (Lipinski definition) is 3. The van der Waals surface area contributed by atoms with E-state index in [1.807, 2.05) is 0 Å². The summed E-state index contributed by atoms with van der Waals surface area (Å²) in [5.41, 5.74) is 0. The zero-order valence-corrected chi connectivity index (χ0v) is 10.4. The highest BCUT2D eigenvalue weighted by Gasteiger charge is 2.11. The van der Waals surface area contributed by atoms with Crippen LogP contribution in [-0.4, -0.2) is 33.0 Å². The van der Waals surface area contributed by atoms with E-state index in [-0.39, 0.29) is 0 Å². The smallest absolute Gasteiger partial charge is 0.321 e. The van der Waals surface area contributed by atoms with Crippen LogP contribution in [0.15, 0.2) is 0 Å². The fourth-order valence-electron chi connectivity index (χ4n) is 1.01. The Hall–Kier alpha value is -1.70. The molecule has 2 amide bonds. The SMILES string of the molecule is Cc1nsc(NC(=O)NCCC(C)C(=O)O)n1. The molecule has 17 heavy (non-hydrogen) atoms. The Morgan fingerprint density at radius 2 is 2.24 bits per heavy atom. The van der Waals surface area contributed by atoms with Crippen LogP contribution in [0.5, 0.6) is 0 Å². The van der Waals surface area contributed by atoms with Gasteiger partial charge in [0.05, 0.1) is 5.92 Å². The lowest BCUT2D eigenvalue weighted by atomic mass is 10.1. The van der Waals surface area contributed by atoms with Crippen molar-refractivity contribution in [2.45, 2.75) is 20.3 Å². The first-order valence-corrected chi connectivity index (χ1v) is 5.84. The standard InChI is InChI=1S/C9H14N4O3S/c1-5(7(14)15)3-4-10-8(16)12-9-11-6(2)13-17-9/h5H,3-4H2,1-2H3,(H,14,15)(H2,10,11,12,13,16). The molecular formula is C9H14N4O3S. The number of nitrogens with one attached hydrogen (secondary N) is 2. The van der Waals surface area contributed by atoms with Gasteiger partial charge in [-0.05, 0) is 13.3 Å². The predicted molar refractivity (Wildman–Crippen MR) is 63.1 cm³/mol. The molecule has 1 aromatic rings. The highest BCUT2D eigenvalue weighted by molar-refractivity contribution is 7.09. The number of aryl methyl sites for hydroxylation is 1. The Balaban J connectivity index is 2.24. The third-order valence-electron chi connectivity index (χ3n) is 2.03. The molecule has 94 valence electrons. The van der Waals surface area contributed by atoms with Gasteiger partial charge < -0.3 is 10.4 Å². The second-order valence-corrected chi connectivity index (χ2v) is 4.31. The summed E-state index contributed by atoms with van der Waals surface area (Å²) in [5.74, 6) is -0.740. The van der Waals surface area contributed by atoms with Crippen LogP contribution in [0, 0.1) is 12.8 Å². The monoisotopic (exact) mass is 258 g/mol. The molecule has 0 aliphatic heterocycles. The van der Waals surface area contributed by atoms with Crippen LogP contribution >= 0.6 is 11.5 Å². The molecule has 0 fully saturated rings. The molecule has 1 rings (SSSR count). The fourth-order valence-corrected chi connectivity index (χ4v) is 1.59. The van der Waals surface area contributed by atoms with Crippen LogP contribution in [0.25, 0.3) is 0 Å². The zero-order chi connectivity index (χ0) is 12.8. The molecule has 1 heterocycles. The molecule has 1 atom stereocenters. The third-order valence-corrected chi connectivity index (χ3v) is 2.75. The van der Waals surface area contributed by atoms with E-state index >= 15 is 0 Å². The number of carboxylic acids is 1. The molecule has 0 aliphatic carbocycles. The molecular weight excluding hydrogens is 244 g/mol. The third kappa shape index (κ3) is 4.77. The van der Waals surface area contributed by atoms with E-state index in [1.165, 1.54) is 0 Å². The molecule has 3 N–H and O–H groups in total. The summed E-state index contributed by atoms with van der Waals surface area (Å²) in [6.07, 6.45) is 0.387. The van der Waals surface area contributed by atoms with Gasteiger partial charge in [0.15, 0.2) is 0 Å². The Labute approximate surface area is 102 Å². The van der Waals surface area contributed by atoms with Crippen LogP contribution in [0.2, 0.25) is 0 Å². The maximum absolute atomic E-state index is 11.3. The van der Waals surface area contributed by atoms with Crippen molar-refractivity contribution >= 4 is 28.7 Å². The van der Waals surface area contributed by atoms with E-state index in [9.17, 15) is 9.59 Å². The predicted octanol–water partition coefficient (Wildman–Crippen LogP) is 1.08. The Morgan fingerprint density at radius 1 is 1.53 bits per heavy atom. The number of carbonyl (C=O) groups excluding carboxylic acids is 1. The summed E-state index contributed by atoms with van der Waals surface area (Å²) >= 11 is 1.10. The number of aliphatic carboxylic acids is 1. The summed E-state index contributed by atoms with van der Waals surface area (Å²) in [6.45, 7) is 3.63. The van der Waals surface area contributed by atoms with Crippen molar-refractivity contribution in [3.63, 3.8) is 0 Å². The van der Waals surface area contributed by atoms with E-state index in [0.717, 1.165) is 11.5 Å². The van der Waals surface area contributed by atoms with Crippen molar-refractivity contribution in [3.05, 3.63) is 5.82 Å². The molecule has 0 aromatic carbocycles. The molecule has 8 heteroatoms. The number of rotatable bonds is 5. The molecule has 7 nitrogen and oxygen atoms in total. The number of amides is 2. The molecule has 0 spiro atoms. The number of carbonyl (C=O) groups is 2. The maximum Gasteiger partial charge on any atom is 0.321 e. The van der Waals surface area contributed by atoms with Crippen LogP contribution in [0.4, 0.5) is 9.93 Å². The van der Waals surface area contributed by atoms with Gasteiger partial charge in [0.2, 0.25) is 5.13 Å². The Bertz CT molecular complexity index is 407. The first-order chi connectivity index (χ1) is 7.99. The van der Waals surface area contributed by atoms with Gasteiger partial charge in [0, 0.05) is 18.1 Å². The zero-order valence-electron chi connectivity index (χ0n) is 9.56. The number of carboxylic acid groups (broad SMARTS) is 1. The van der Waals surface area contributed by atoms with Gasteiger partial charge in [0.1, 0.15) is 5.82 Å². The minimum absolute atomic E-state index is 0.303. The van der Waals surface area contributed by atoms with Crippen molar-refractivity contribution in [3.8, 4) is 0 Å². The van der Waals surface area contributed by atoms with Gasteiger partial charge in [0.25, 0.3) is 0 Å². The van der Waals surface area contributed by atoms with Gasteiger partial charge in [-0.1, -0.05) is 6.92 Å². The lowest BCUT2D eigenvalue weighted by Crippen LogP contribution is -2.31. The van der Waals surface area contributed by atoms with Crippen LogP contribution in [0.1, 0.15) is 19.2 Å². The van der Waals surface area contributed by atoms with Crippen molar-refractivity contribution < 1.29 is 14.7 Å². The largest absolute Gasteiger partial charge is 0.481 e. The number of hydrogen-bond acceptors (Lipinski definition) is 5. The van der Waals surface area contributed by atoms with E-state index < -0.39 is 17.9 Å². The average Bonchev–Trinajstić information content (AvgIpc) is 2.63. The lowest BCUT2D eigenvalue weighted by Gasteiger charge is -2.07. The highest BCUT2D eigenvalue weighted by Crippen LogP contribution is 2.09. The summed E-state index contributed by atoms with van der Waals surface area (Å²) in [5, 5.41) is 14.1. The molecule has 0 aliphatic rings. The van der Waals surface area contributed by atoms with Gasteiger partial charge in [-0.2, -0.15) is 4.37 Å². The van der Waals surface area contributed by atoms with E-state index in [0.29, 0.717) is 23.9 Å². The number of aromatic nitrogens is 2. The van der Waals surface area contributed by atoms with Crippen LogP contribution in [0.3, 0.4) is 0 Å². The number of urea groups is 1. The summed E-state index contributed by atoms with van der Waals surface area (Å²) in [4.78, 5) is 25.8. The lowest BCUT2D eigenvalue weighted by molar-refractivity contribution is -0.141. The van der Waals surface area contributed by atoms with Crippen molar-refractivity contribution in [2.75, 3.05) is 11.9 Å². The highest BCUT2D eigenvalue weighted by atomic mass is 32.1. The topological polar surface area (TPSA) is 104 Å². The number of nitrogens with zero attached hydrogens (tertiary/aromatic N) is 2. The minimum Gasteiger partial charge on any atom is -0.481 e. The molecule has 0 saturated carbocycles. The van der Waals surface area contributed by atoms with Crippen molar-refractivity contribution in [1.82, 2.24) is 14.7 Å². The molecule has 1 aromatic heterocycles. The van der Waals surface area contributed by atoms with Gasteiger partial charge in [-0.3, -0.25) is 10.1 Å². The first-order valence-electron chi connectivity index (χ1n) is 5.07. The Morgan fingerprint density at radius 3 is 2.76 bits per heavy atom. The molecule has 0 bridgehead atoms. The van der Waals surface area contributed by atoms with Crippen molar-refractivity contribution in [1.29, 1.82) is 0 Å². The van der Waals surface area contributed by atoms with Crippen LogP contribution < -0.4 is 10.6 Å². The normalized spacial score (nSPS) is 11.9. The second kappa shape index (κ2) is 6.14. The Kier molecular flexibility index (Phi) is 4.83. The van der Waals surface area contributed by atoms with E-state index in [1.54, 1.807) is 13.8 Å². The van der Waals surface area contributed by atoms with E-state index in [2.05, 4.69) is 20.0 Å². The number of anilines is 1. The van der Waals surface area contributed by atoms with E-state index in [4.69, 9.17) is 5.11 Å². The van der Waals surface area contributed by atoms with Gasteiger partial charge in [-0.15, -0.1) is 0 Å². The molecule has 1 unspecified atom stereocenters. The fraction of sp³-hybridized carbons (Fsp3) is 0.556. The summed E-state index contributed by atoms with van der Waals surface area (Å²) < 4.78 is 3.91. The summed E-state index contributed by atoms with van der Waals surface area (Å²) in [7, 11) is 0. The van der Waals surface area contributed by atoms with Crippen molar-refractivity contribution in [2.24, 2.45) is 5.92 Å². The maximum atomic E-state index is 11.3. The second-order valence-electron chi connectivity index (χ2n) is 3.56. The minimum atomic E-state index is -0.869. The first kappa shape index (κ1) is 13.4. The average molecular weight is 258 g/mol. The van der Waals surface area contributed by atoms with Gasteiger partial charge >= 0.3 is 12.0 Å². The molecule has 0 saturated heterocycles.